The standard InChI is InChI=1S/C27H37Si2.2CH3.Ti/c1-19-11-13-24(14-12-19)29(10,27(6)18-21(3)22(4)23(27)5)26-16-20(2)15-25(17-26)28(7,8)9;;;/h11-17H,1-10H3;2*1H3;/q3*-1;+3. The second-order valence-electron chi connectivity index (χ2n) is 10.5. The summed E-state index contributed by atoms with van der Waals surface area (Å²) < 4.78 is 0. The summed E-state index contributed by atoms with van der Waals surface area (Å²) in [4.78, 5) is 0. The molecule has 171 valence electrons. The maximum Gasteiger partial charge on any atom is 3.00 e. The molecule has 32 heavy (non-hydrogen) atoms. The predicted octanol–water partition coefficient (Wildman–Crippen LogP) is 6.80. The van der Waals surface area contributed by atoms with Crippen molar-refractivity contribution in [1.82, 2.24) is 0 Å². The summed E-state index contributed by atoms with van der Waals surface area (Å²) in [5.74, 6) is 0. The van der Waals surface area contributed by atoms with Crippen LogP contribution in [0.1, 0.15) is 38.8 Å². The largest absolute Gasteiger partial charge is 3.00 e. The molecule has 0 spiro atoms. The molecule has 2 aromatic carbocycles. The van der Waals surface area contributed by atoms with Crippen LogP contribution in [0.25, 0.3) is 0 Å². The molecule has 0 saturated heterocycles. The molecule has 2 unspecified atom stereocenters. The second-order valence-corrected chi connectivity index (χ2v) is 19.9. The van der Waals surface area contributed by atoms with E-state index in [4.69, 9.17) is 0 Å². The van der Waals surface area contributed by atoms with Gasteiger partial charge >= 0.3 is 21.7 Å². The summed E-state index contributed by atoms with van der Waals surface area (Å²) in [5, 5.41) is 4.59. The molecule has 0 heterocycles. The Hall–Kier alpha value is -0.932. The van der Waals surface area contributed by atoms with Crippen LogP contribution in [0.5, 0.6) is 0 Å². The van der Waals surface area contributed by atoms with Gasteiger partial charge in [0.15, 0.2) is 0 Å². The number of rotatable bonds is 4. The van der Waals surface area contributed by atoms with Crippen LogP contribution in [0.4, 0.5) is 0 Å². The van der Waals surface area contributed by atoms with Gasteiger partial charge in [-0.05, 0) is 13.8 Å². The first-order valence-corrected chi connectivity index (χ1v) is 16.8. The van der Waals surface area contributed by atoms with Crippen molar-refractivity contribution in [3.8, 4) is 0 Å². The number of hydrogen-bond acceptors (Lipinski definition) is 0. The fourth-order valence-electron chi connectivity index (χ4n) is 4.85. The van der Waals surface area contributed by atoms with E-state index < -0.39 is 16.1 Å². The smallest absolute Gasteiger partial charge is 0.358 e. The molecule has 1 aliphatic rings. The van der Waals surface area contributed by atoms with Crippen molar-refractivity contribution in [3.05, 3.63) is 91.2 Å². The Labute approximate surface area is 216 Å². The zero-order valence-corrected chi connectivity index (χ0v) is 26.1. The third kappa shape index (κ3) is 5.09. The Morgan fingerprint density at radius 3 is 1.62 bits per heavy atom. The van der Waals surface area contributed by atoms with E-state index in [1.54, 1.807) is 10.4 Å². The van der Waals surface area contributed by atoms with Crippen molar-refractivity contribution >= 4 is 31.7 Å². The van der Waals surface area contributed by atoms with E-state index in [1.807, 2.05) is 0 Å². The molecule has 1 radical (unpaired) electrons. The molecule has 0 aromatic heterocycles. The minimum atomic E-state index is -2.17. The minimum Gasteiger partial charge on any atom is -0.358 e. The van der Waals surface area contributed by atoms with Crippen molar-refractivity contribution < 1.29 is 21.7 Å². The molecule has 0 amide bonds. The van der Waals surface area contributed by atoms with Crippen LogP contribution < -0.4 is 15.6 Å². The molecule has 2 aromatic rings. The molecule has 0 N–H and O–H groups in total. The van der Waals surface area contributed by atoms with Gasteiger partial charge in [-0.25, -0.2) is 5.57 Å². The van der Waals surface area contributed by atoms with Gasteiger partial charge in [-0.1, -0.05) is 121 Å². The zero-order valence-electron chi connectivity index (χ0n) is 22.5. The molecule has 3 heteroatoms. The van der Waals surface area contributed by atoms with Crippen LogP contribution in [-0.4, -0.2) is 16.1 Å². The molecular weight excluding hydrogens is 452 g/mol. The molecule has 2 atom stereocenters. The first kappa shape index (κ1) is 31.1. The SMILES string of the molecule is CC1=[C-]C(C)([Si](C)(c2ccc(C)cc2)c2cc(C)cc([Si](C)(C)C)c2)C(C)=C1C.[CH3-].[CH3-].[Ti+3]. The van der Waals surface area contributed by atoms with Gasteiger partial charge in [-0.15, -0.1) is 6.92 Å². The summed E-state index contributed by atoms with van der Waals surface area (Å²) in [6.07, 6.45) is 3.98. The first-order valence-electron chi connectivity index (χ1n) is 10.8. The van der Waals surface area contributed by atoms with E-state index in [-0.39, 0.29) is 41.6 Å². The van der Waals surface area contributed by atoms with Crippen molar-refractivity contribution in [2.24, 2.45) is 0 Å². The summed E-state index contributed by atoms with van der Waals surface area (Å²) >= 11 is 0. The van der Waals surface area contributed by atoms with Crippen molar-refractivity contribution in [2.75, 3.05) is 0 Å². The van der Waals surface area contributed by atoms with Gasteiger partial charge in [-0.3, -0.25) is 6.08 Å². The summed E-state index contributed by atoms with van der Waals surface area (Å²) in [5.41, 5.74) is 6.98. The van der Waals surface area contributed by atoms with Gasteiger partial charge in [0.1, 0.15) is 8.07 Å². The zero-order chi connectivity index (χ0) is 21.8. The Balaban J connectivity index is 0.00000320. The van der Waals surface area contributed by atoms with Gasteiger partial charge in [0.2, 0.25) is 0 Å². The first-order chi connectivity index (χ1) is 13.3. The topological polar surface area (TPSA) is 0 Å². The van der Waals surface area contributed by atoms with Crippen LogP contribution in [0.2, 0.25) is 31.2 Å². The second kappa shape index (κ2) is 10.6. The van der Waals surface area contributed by atoms with E-state index in [0.717, 1.165) is 0 Å². The fourth-order valence-corrected chi connectivity index (χ4v) is 10.9. The van der Waals surface area contributed by atoms with Crippen LogP contribution in [0.3, 0.4) is 0 Å². The Morgan fingerprint density at radius 2 is 1.19 bits per heavy atom. The van der Waals surface area contributed by atoms with Gasteiger partial charge < -0.3 is 14.9 Å². The number of hydrogen-bond donors (Lipinski definition) is 0. The van der Waals surface area contributed by atoms with E-state index in [1.165, 1.54) is 33.0 Å². The summed E-state index contributed by atoms with van der Waals surface area (Å²) in [7, 11) is -3.58. The third-order valence-corrected chi connectivity index (χ3v) is 14.9. The van der Waals surface area contributed by atoms with E-state index >= 15 is 0 Å². The van der Waals surface area contributed by atoms with Gasteiger partial charge in [-0.2, -0.15) is 11.1 Å². The molecule has 0 bridgehead atoms. The van der Waals surface area contributed by atoms with Crippen molar-refractivity contribution in [1.29, 1.82) is 0 Å². The Morgan fingerprint density at radius 1 is 0.688 bits per heavy atom. The maximum atomic E-state index is 3.98. The van der Waals surface area contributed by atoms with Gasteiger partial charge in [0.05, 0.1) is 8.07 Å². The van der Waals surface area contributed by atoms with Gasteiger partial charge in [0, 0.05) is 0 Å². The summed E-state index contributed by atoms with van der Waals surface area (Å²) in [6, 6.07) is 16.8. The van der Waals surface area contributed by atoms with Crippen LogP contribution >= 0.6 is 0 Å². The fraction of sp³-hybridized carbons (Fsp3) is 0.379. The monoisotopic (exact) mass is 495 g/mol. The van der Waals surface area contributed by atoms with E-state index in [9.17, 15) is 0 Å². The molecule has 1 aliphatic carbocycles. The maximum absolute atomic E-state index is 3.98. The van der Waals surface area contributed by atoms with Crippen molar-refractivity contribution in [2.45, 2.75) is 72.8 Å². The third-order valence-electron chi connectivity index (χ3n) is 7.46. The van der Waals surface area contributed by atoms with E-state index in [2.05, 4.69) is 116 Å². The predicted molar refractivity (Wildman–Crippen MR) is 148 cm³/mol. The average Bonchev–Trinajstić information content (AvgIpc) is 2.84. The van der Waals surface area contributed by atoms with Crippen LogP contribution in [-0.2, 0) is 21.7 Å². The van der Waals surface area contributed by atoms with Crippen LogP contribution in [0.15, 0.2) is 59.2 Å². The normalized spacial score (nSPS) is 19.9. The van der Waals surface area contributed by atoms with Gasteiger partial charge in [0.25, 0.3) is 0 Å². The molecule has 0 saturated carbocycles. The molecule has 0 nitrogen and oxygen atoms in total. The van der Waals surface area contributed by atoms with Crippen LogP contribution in [0, 0.1) is 34.8 Å². The molecule has 3 rings (SSSR count). The molecular formula is C29H43Si2Ti. The molecule has 0 fully saturated rings. The quantitative estimate of drug-likeness (QED) is 0.323. The average molecular weight is 496 g/mol. The number of allylic oxidation sites excluding steroid dienone is 4. The number of benzene rings is 2. The number of aryl methyl sites for hydroxylation is 2. The Bertz CT molecular complexity index is 1010. The van der Waals surface area contributed by atoms with Crippen molar-refractivity contribution in [3.63, 3.8) is 0 Å². The Kier molecular flexibility index (Phi) is 10.2. The minimum absolute atomic E-state index is 0. The molecule has 0 aliphatic heterocycles. The summed E-state index contributed by atoms with van der Waals surface area (Å²) in [6.45, 7) is 23.7. The van der Waals surface area contributed by atoms with E-state index in [0.29, 0.717) is 0 Å².